The summed E-state index contributed by atoms with van der Waals surface area (Å²) in [6.45, 7) is 0.208. The number of ether oxygens (including phenoxy) is 2. The van der Waals surface area contributed by atoms with E-state index in [1.165, 1.54) is 4.31 Å². The first-order chi connectivity index (χ1) is 11.4. The quantitative estimate of drug-likeness (QED) is 0.703. The van der Waals surface area contributed by atoms with E-state index in [2.05, 4.69) is 0 Å². The van der Waals surface area contributed by atoms with Crippen molar-refractivity contribution in [2.45, 2.75) is 16.3 Å². The van der Waals surface area contributed by atoms with Crippen LogP contribution in [0.2, 0.25) is 0 Å². The summed E-state index contributed by atoms with van der Waals surface area (Å²) in [6, 6.07) is 12.2. The van der Waals surface area contributed by atoms with Gasteiger partial charge in [-0.2, -0.15) is 4.31 Å². The summed E-state index contributed by atoms with van der Waals surface area (Å²) in [7, 11) is 1.11. The van der Waals surface area contributed by atoms with Crippen molar-refractivity contribution < 1.29 is 17.9 Å². The summed E-state index contributed by atoms with van der Waals surface area (Å²) in [5.74, 6) is 1.25. The lowest BCUT2D eigenvalue weighted by Crippen LogP contribution is -2.26. The number of nitrogens with zero attached hydrogens (tertiary/aromatic N) is 1. The molecule has 0 radical (unpaired) electrons. The van der Waals surface area contributed by atoms with E-state index in [0.717, 1.165) is 10.5 Å². The van der Waals surface area contributed by atoms with Crippen molar-refractivity contribution in [1.82, 2.24) is 4.31 Å². The van der Waals surface area contributed by atoms with Crippen molar-refractivity contribution in [3.05, 3.63) is 48.0 Å². The molecule has 2 aromatic carbocycles. The Bertz CT molecular complexity index is 789. The molecule has 0 saturated heterocycles. The highest BCUT2D eigenvalue weighted by Crippen LogP contribution is 2.27. The van der Waals surface area contributed by atoms with Crippen molar-refractivity contribution in [2.75, 3.05) is 27.5 Å². The third-order valence-corrected chi connectivity index (χ3v) is 6.22. The van der Waals surface area contributed by atoms with E-state index >= 15 is 0 Å². The Morgan fingerprint density at radius 1 is 1.04 bits per heavy atom. The van der Waals surface area contributed by atoms with Crippen LogP contribution in [-0.4, -0.2) is 40.2 Å². The Morgan fingerprint density at radius 3 is 2.25 bits per heavy atom. The first-order valence-electron chi connectivity index (χ1n) is 7.23. The normalized spacial score (nSPS) is 11.5. The van der Waals surface area contributed by atoms with Gasteiger partial charge in [0.15, 0.2) is 0 Å². The lowest BCUT2D eigenvalue weighted by atomic mass is 10.2. The molecule has 0 aliphatic heterocycles. The zero-order valence-electron chi connectivity index (χ0n) is 14.1. The van der Waals surface area contributed by atoms with Crippen LogP contribution in [0.3, 0.4) is 0 Å². The van der Waals surface area contributed by atoms with Crippen LogP contribution in [0, 0.1) is 0 Å². The molecular weight excluding hydrogens is 346 g/mol. The lowest BCUT2D eigenvalue weighted by Gasteiger charge is -2.19. The fourth-order valence-corrected chi connectivity index (χ4v) is 3.79. The second kappa shape index (κ2) is 7.92. The smallest absolute Gasteiger partial charge is 0.243 e. The average molecular weight is 367 g/mol. The molecule has 0 atom stereocenters. The predicted octanol–water partition coefficient (Wildman–Crippen LogP) is 3.25. The largest absolute Gasteiger partial charge is 0.497 e. The van der Waals surface area contributed by atoms with Gasteiger partial charge in [0.2, 0.25) is 10.0 Å². The van der Waals surface area contributed by atoms with Gasteiger partial charge in [0.05, 0.1) is 19.1 Å². The number of benzene rings is 2. The third kappa shape index (κ3) is 4.03. The van der Waals surface area contributed by atoms with Gasteiger partial charge in [-0.15, -0.1) is 11.8 Å². The van der Waals surface area contributed by atoms with E-state index in [9.17, 15) is 8.42 Å². The van der Waals surface area contributed by atoms with Crippen LogP contribution < -0.4 is 9.47 Å². The average Bonchev–Trinajstić information content (AvgIpc) is 2.61. The van der Waals surface area contributed by atoms with E-state index in [1.54, 1.807) is 75.5 Å². The lowest BCUT2D eigenvalue weighted by molar-refractivity contribution is 0.384. The molecule has 0 aliphatic rings. The van der Waals surface area contributed by atoms with Crippen molar-refractivity contribution in [2.24, 2.45) is 0 Å². The van der Waals surface area contributed by atoms with Gasteiger partial charge in [-0.3, -0.25) is 0 Å². The molecule has 0 unspecified atom stereocenters. The SMILES string of the molecule is COc1ccc(CN(C)S(=O)(=O)c2ccc(SC)cc2)c(OC)c1. The van der Waals surface area contributed by atoms with Gasteiger partial charge in [-0.25, -0.2) is 8.42 Å². The molecule has 7 heteroatoms. The molecule has 130 valence electrons. The van der Waals surface area contributed by atoms with Crippen LogP contribution in [0.4, 0.5) is 0 Å². The van der Waals surface area contributed by atoms with E-state index in [4.69, 9.17) is 9.47 Å². The van der Waals surface area contributed by atoms with E-state index in [-0.39, 0.29) is 11.4 Å². The Kier molecular flexibility index (Phi) is 6.15. The van der Waals surface area contributed by atoms with Crippen molar-refractivity contribution in [1.29, 1.82) is 0 Å². The molecule has 0 fully saturated rings. The minimum atomic E-state index is -3.57. The van der Waals surface area contributed by atoms with Gasteiger partial charge in [0.25, 0.3) is 0 Å². The van der Waals surface area contributed by atoms with Crippen LogP contribution in [0.5, 0.6) is 11.5 Å². The molecule has 0 aromatic heterocycles. The second-order valence-corrected chi connectivity index (χ2v) is 8.04. The maximum atomic E-state index is 12.7. The van der Waals surface area contributed by atoms with Crippen LogP contribution >= 0.6 is 11.8 Å². The number of sulfonamides is 1. The standard InChI is InChI=1S/C17H21NO4S2/c1-18(12-13-5-6-14(21-2)11-17(13)22-3)24(19,20)16-9-7-15(23-4)8-10-16/h5-11H,12H2,1-4H3. The Morgan fingerprint density at radius 2 is 1.71 bits per heavy atom. The zero-order valence-corrected chi connectivity index (χ0v) is 15.8. The molecule has 2 rings (SSSR count). The molecule has 0 bridgehead atoms. The third-order valence-electron chi connectivity index (χ3n) is 3.65. The van der Waals surface area contributed by atoms with Gasteiger partial charge < -0.3 is 9.47 Å². The van der Waals surface area contributed by atoms with Crippen LogP contribution in [0.15, 0.2) is 52.3 Å². The summed E-state index contributed by atoms with van der Waals surface area (Å²) in [5.41, 5.74) is 0.769. The summed E-state index contributed by atoms with van der Waals surface area (Å²) < 4.78 is 37.2. The zero-order chi connectivity index (χ0) is 17.7. The number of hydrogen-bond acceptors (Lipinski definition) is 5. The minimum Gasteiger partial charge on any atom is -0.497 e. The van der Waals surface area contributed by atoms with Crippen LogP contribution in [0.25, 0.3) is 0 Å². The molecular formula is C17H21NO4S2. The molecule has 0 N–H and O–H groups in total. The molecule has 0 heterocycles. The summed E-state index contributed by atoms with van der Waals surface area (Å²) in [6.07, 6.45) is 1.95. The second-order valence-electron chi connectivity index (χ2n) is 5.11. The maximum Gasteiger partial charge on any atom is 0.243 e. The monoisotopic (exact) mass is 367 g/mol. The van der Waals surface area contributed by atoms with Crippen molar-refractivity contribution in [3.8, 4) is 11.5 Å². The Labute approximate surface area is 147 Å². The number of rotatable bonds is 7. The highest BCUT2D eigenvalue weighted by atomic mass is 32.2. The highest BCUT2D eigenvalue weighted by Gasteiger charge is 2.22. The van der Waals surface area contributed by atoms with Gasteiger partial charge in [-0.05, 0) is 36.6 Å². The number of methoxy groups -OCH3 is 2. The van der Waals surface area contributed by atoms with Crippen LogP contribution in [0.1, 0.15) is 5.56 Å². The van der Waals surface area contributed by atoms with Crippen molar-refractivity contribution in [3.63, 3.8) is 0 Å². The molecule has 0 saturated carbocycles. The summed E-state index contributed by atoms with van der Waals surface area (Å²) in [5, 5.41) is 0. The minimum absolute atomic E-state index is 0.208. The summed E-state index contributed by atoms with van der Waals surface area (Å²) in [4.78, 5) is 1.30. The van der Waals surface area contributed by atoms with E-state index in [1.807, 2.05) is 6.26 Å². The van der Waals surface area contributed by atoms with Crippen LogP contribution in [-0.2, 0) is 16.6 Å². The first-order valence-corrected chi connectivity index (χ1v) is 9.90. The number of thioether (sulfide) groups is 1. The van der Waals surface area contributed by atoms with Crippen molar-refractivity contribution >= 4 is 21.8 Å². The summed E-state index contributed by atoms with van der Waals surface area (Å²) >= 11 is 1.57. The molecule has 0 spiro atoms. The topological polar surface area (TPSA) is 55.8 Å². The molecule has 0 aliphatic carbocycles. The maximum absolute atomic E-state index is 12.7. The molecule has 24 heavy (non-hydrogen) atoms. The van der Waals surface area contributed by atoms with E-state index < -0.39 is 10.0 Å². The van der Waals surface area contributed by atoms with Gasteiger partial charge >= 0.3 is 0 Å². The first kappa shape index (κ1) is 18.6. The molecule has 0 amide bonds. The fourth-order valence-electron chi connectivity index (χ4n) is 2.23. The highest BCUT2D eigenvalue weighted by molar-refractivity contribution is 7.98. The van der Waals surface area contributed by atoms with Gasteiger partial charge in [-0.1, -0.05) is 6.07 Å². The van der Waals surface area contributed by atoms with E-state index in [0.29, 0.717) is 11.5 Å². The van der Waals surface area contributed by atoms with Gasteiger partial charge in [0, 0.05) is 30.1 Å². The number of hydrogen-bond donors (Lipinski definition) is 0. The fraction of sp³-hybridized carbons (Fsp3) is 0.294. The Hall–Kier alpha value is -1.70. The Balaban J connectivity index is 2.25. The predicted molar refractivity (Wildman–Crippen MR) is 96.4 cm³/mol. The molecule has 5 nitrogen and oxygen atoms in total. The van der Waals surface area contributed by atoms with Gasteiger partial charge in [0.1, 0.15) is 11.5 Å². The molecule has 2 aromatic rings.